The van der Waals surface area contributed by atoms with E-state index in [4.69, 9.17) is 0 Å². The van der Waals surface area contributed by atoms with Gasteiger partial charge in [-0.1, -0.05) is 26.8 Å². The Morgan fingerprint density at radius 2 is 1.90 bits per heavy atom. The van der Waals surface area contributed by atoms with Crippen LogP contribution in [0.15, 0.2) is 18.2 Å². The Bertz CT molecular complexity index is 426. The van der Waals surface area contributed by atoms with Crippen LogP contribution in [-0.2, 0) is 6.54 Å². The fourth-order valence-electron chi connectivity index (χ4n) is 2.54. The predicted molar refractivity (Wildman–Crippen MR) is 82.7 cm³/mol. The maximum Gasteiger partial charge on any atom is 0.146 e. The van der Waals surface area contributed by atoms with E-state index in [2.05, 4.69) is 35.9 Å². The second-order valence-corrected chi connectivity index (χ2v) is 5.74. The highest BCUT2D eigenvalue weighted by Crippen LogP contribution is 2.22. The Kier molecular flexibility index (Phi) is 5.38. The van der Waals surface area contributed by atoms with Gasteiger partial charge in [0.2, 0.25) is 0 Å². The molecule has 0 aliphatic carbocycles. The Balaban J connectivity index is 1.99. The van der Waals surface area contributed by atoms with Crippen LogP contribution in [0.4, 0.5) is 10.1 Å². The fraction of sp³-hybridized carbons (Fsp3) is 0.625. The standard InChI is InChI=1S/C16H26FN3/c1-4-19-7-9-20(10-8-19)16-6-5-14(11-15(16)17)12-18-13(2)3/h5-6,11,13,18H,4,7-10,12H2,1-3H3. The van der Waals surface area contributed by atoms with Crippen LogP contribution in [0.25, 0.3) is 0 Å². The van der Waals surface area contributed by atoms with Gasteiger partial charge in [0, 0.05) is 38.8 Å². The molecular weight excluding hydrogens is 253 g/mol. The Morgan fingerprint density at radius 1 is 1.20 bits per heavy atom. The van der Waals surface area contributed by atoms with Crippen molar-refractivity contribution in [2.24, 2.45) is 0 Å². The molecule has 0 amide bonds. The lowest BCUT2D eigenvalue weighted by Crippen LogP contribution is -2.46. The number of nitrogens with zero attached hydrogens (tertiary/aromatic N) is 2. The summed E-state index contributed by atoms with van der Waals surface area (Å²) in [6.07, 6.45) is 0. The van der Waals surface area contributed by atoms with Crippen molar-refractivity contribution in [2.45, 2.75) is 33.4 Å². The molecule has 1 heterocycles. The zero-order valence-electron chi connectivity index (χ0n) is 12.8. The molecule has 0 saturated carbocycles. The van der Waals surface area contributed by atoms with Crippen molar-refractivity contribution in [2.75, 3.05) is 37.6 Å². The van der Waals surface area contributed by atoms with Gasteiger partial charge in [0.1, 0.15) is 5.82 Å². The molecule has 4 heteroatoms. The van der Waals surface area contributed by atoms with E-state index < -0.39 is 0 Å². The van der Waals surface area contributed by atoms with E-state index in [1.807, 2.05) is 12.1 Å². The molecule has 1 aliphatic rings. The molecule has 2 rings (SSSR count). The molecular formula is C16H26FN3. The van der Waals surface area contributed by atoms with E-state index in [9.17, 15) is 4.39 Å². The molecule has 1 aromatic rings. The molecule has 1 aliphatic heterocycles. The molecule has 20 heavy (non-hydrogen) atoms. The minimum atomic E-state index is -0.0991. The molecule has 0 spiro atoms. The van der Waals surface area contributed by atoms with Crippen molar-refractivity contribution in [1.29, 1.82) is 0 Å². The van der Waals surface area contributed by atoms with Gasteiger partial charge in [-0.15, -0.1) is 0 Å². The van der Waals surface area contributed by atoms with Gasteiger partial charge in [0.05, 0.1) is 5.69 Å². The van der Waals surface area contributed by atoms with E-state index in [0.717, 1.165) is 50.5 Å². The van der Waals surface area contributed by atoms with Crippen molar-refractivity contribution in [1.82, 2.24) is 10.2 Å². The Labute approximate surface area is 121 Å². The molecule has 1 N–H and O–H groups in total. The average molecular weight is 279 g/mol. The summed E-state index contributed by atoms with van der Waals surface area (Å²) in [6, 6.07) is 6.03. The first kappa shape index (κ1) is 15.3. The van der Waals surface area contributed by atoms with Crippen molar-refractivity contribution >= 4 is 5.69 Å². The molecule has 0 unspecified atom stereocenters. The molecule has 1 saturated heterocycles. The summed E-state index contributed by atoms with van der Waals surface area (Å²) in [5, 5.41) is 3.31. The van der Waals surface area contributed by atoms with Crippen LogP contribution >= 0.6 is 0 Å². The minimum absolute atomic E-state index is 0.0991. The second-order valence-electron chi connectivity index (χ2n) is 5.74. The van der Waals surface area contributed by atoms with Gasteiger partial charge >= 0.3 is 0 Å². The average Bonchev–Trinajstić information content (AvgIpc) is 2.45. The number of benzene rings is 1. The van der Waals surface area contributed by atoms with E-state index in [1.54, 1.807) is 6.07 Å². The Morgan fingerprint density at radius 3 is 2.45 bits per heavy atom. The summed E-state index contributed by atoms with van der Waals surface area (Å²) in [5.74, 6) is -0.0991. The summed E-state index contributed by atoms with van der Waals surface area (Å²) >= 11 is 0. The van der Waals surface area contributed by atoms with Crippen molar-refractivity contribution in [3.8, 4) is 0 Å². The van der Waals surface area contributed by atoms with Crippen molar-refractivity contribution in [3.63, 3.8) is 0 Å². The summed E-state index contributed by atoms with van der Waals surface area (Å²) in [4.78, 5) is 4.55. The van der Waals surface area contributed by atoms with Gasteiger partial charge in [-0.3, -0.25) is 0 Å². The smallest absolute Gasteiger partial charge is 0.146 e. The molecule has 0 aromatic heterocycles. The fourth-order valence-corrected chi connectivity index (χ4v) is 2.54. The third-order valence-corrected chi connectivity index (χ3v) is 3.89. The number of hydrogen-bond acceptors (Lipinski definition) is 3. The zero-order valence-corrected chi connectivity index (χ0v) is 12.8. The highest BCUT2D eigenvalue weighted by molar-refractivity contribution is 5.49. The number of piperazine rings is 1. The predicted octanol–water partition coefficient (Wildman–Crippen LogP) is 2.47. The molecule has 0 atom stereocenters. The van der Waals surface area contributed by atoms with Crippen LogP contribution in [0.2, 0.25) is 0 Å². The SMILES string of the molecule is CCN1CCN(c2ccc(CNC(C)C)cc2F)CC1. The van der Waals surface area contributed by atoms with Crippen LogP contribution < -0.4 is 10.2 Å². The van der Waals surface area contributed by atoms with Crippen LogP contribution in [-0.4, -0.2) is 43.7 Å². The summed E-state index contributed by atoms with van der Waals surface area (Å²) < 4.78 is 14.3. The first-order chi connectivity index (χ1) is 9.60. The summed E-state index contributed by atoms with van der Waals surface area (Å²) in [7, 11) is 0. The second kappa shape index (κ2) is 7.04. The first-order valence-corrected chi connectivity index (χ1v) is 7.59. The van der Waals surface area contributed by atoms with Gasteiger partial charge < -0.3 is 15.1 Å². The Hall–Kier alpha value is -1.13. The molecule has 0 radical (unpaired) electrons. The number of rotatable bonds is 5. The lowest BCUT2D eigenvalue weighted by Gasteiger charge is -2.35. The summed E-state index contributed by atoms with van der Waals surface area (Å²) in [6.45, 7) is 12.0. The zero-order chi connectivity index (χ0) is 14.5. The number of anilines is 1. The molecule has 0 bridgehead atoms. The van der Waals surface area contributed by atoms with Crippen molar-refractivity contribution in [3.05, 3.63) is 29.6 Å². The molecule has 3 nitrogen and oxygen atoms in total. The van der Waals surface area contributed by atoms with Crippen LogP contribution in [0, 0.1) is 5.82 Å². The molecule has 1 aromatic carbocycles. The third kappa shape index (κ3) is 3.93. The van der Waals surface area contributed by atoms with Crippen LogP contribution in [0.3, 0.4) is 0 Å². The number of halogens is 1. The molecule has 1 fully saturated rings. The highest BCUT2D eigenvalue weighted by atomic mass is 19.1. The maximum absolute atomic E-state index is 14.3. The minimum Gasteiger partial charge on any atom is -0.367 e. The molecule has 112 valence electrons. The van der Waals surface area contributed by atoms with E-state index in [1.165, 1.54) is 0 Å². The van der Waals surface area contributed by atoms with Crippen LogP contribution in [0.5, 0.6) is 0 Å². The lowest BCUT2D eigenvalue weighted by molar-refractivity contribution is 0.270. The highest BCUT2D eigenvalue weighted by Gasteiger charge is 2.18. The van der Waals surface area contributed by atoms with Gasteiger partial charge in [0.25, 0.3) is 0 Å². The first-order valence-electron chi connectivity index (χ1n) is 7.59. The number of nitrogens with one attached hydrogen (secondary N) is 1. The lowest BCUT2D eigenvalue weighted by atomic mass is 10.1. The number of hydrogen-bond donors (Lipinski definition) is 1. The number of likely N-dealkylation sites (N-methyl/N-ethyl adjacent to an activating group) is 1. The summed E-state index contributed by atoms with van der Waals surface area (Å²) in [5.41, 5.74) is 1.75. The third-order valence-electron chi connectivity index (χ3n) is 3.89. The van der Waals surface area contributed by atoms with Crippen LogP contribution in [0.1, 0.15) is 26.3 Å². The quantitative estimate of drug-likeness (QED) is 0.893. The topological polar surface area (TPSA) is 18.5 Å². The normalized spacial score (nSPS) is 16.9. The van der Waals surface area contributed by atoms with Gasteiger partial charge in [-0.25, -0.2) is 4.39 Å². The largest absolute Gasteiger partial charge is 0.367 e. The van der Waals surface area contributed by atoms with Gasteiger partial charge in [-0.2, -0.15) is 0 Å². The van der Waals surface area contributed by atoms with E-state index >= 15 is 0 Å². The van der Waals surface area contributed by atoms with E-state index in [-0.39, 0.29) is 5.82 Å². The van der Waals surface area contributed by atoms with Gasteiger partial charge in [-0.05, 0) is 24.2 Å². The van der Waals surface area contributed by atoms with Gasteiger partial charge in [0.15, 0.2) is 0 Å². The monoisotopic (exact) mass is 279 g/mol. The van der Waals surface area contributed by atoms with E-state index in [0.29, 0.717) is 6.04 Å². The maximum atomic E-state index is 14.3. The van der Waals surface area contributed by atoms with Crippen molar-refractivity contribution < 1.29 is 4.39 Å².